The Hall–Kier alpha value is -2.11. The lowest BCUT2D eigenvalue weighted by Crippen LogP contribution is -2.29. The summed E-state index contributed by atoms with van der Waals surface area (Å²) in [7, 11) is 3.31. The summed E-state index contributed by atoms with van der Waals surface area (Å²) in [6.07, 6.45) is 1.53. The van der Waals surface area contributed by atoms with Crippen LogP contribution in [-0.4, -0.2) is 42.6 Å². The third kappa shape index (κ3) is 3.44. The van der Waals surface area contributed by atoms with Gasteiger partial charge in [-0.3, -0.25) is 14.6 Å². The van der Waals surface area contributed by atoms with E-state index < -0.39 is 11.9 Å². The van der Waals surface area contributed by atoms with Gasteiger partial charge in [-0.05, 0) is 12.1 Å². The molecule has 0 fully saturated rings. The summed E-state index contributed by atoms with van der Waals surface area (Å²) in [5, 5.41) is 11.3. The van der Waals surface area contributed by atoms with Gasteiger partial charge in [-0.25, -0.2) is 0 Å². The molecule has 18 heavy (non-hydrogen) atoms. The van der Waals surface area contributed by atoms with Crippen LogP contribution in [0.3, 0.4) is 0 Å². The zero-order chi connectivity index (χ0) is 13.7. The van der Waals surface area contributed by atoms with Gasteiger partial charge in [0.25, 0.3) is 5.91 Å². The second-order valence-corrected chi connectivity index (χ2v) is 4.10. The Morgan fingerprint density at radius 2 is 2.22 bits per heavy atom. The van der Waals surface area contributed by atoms with E-state index in [4.69, 9.17) is 5.11 Å². The van der Waals surface area contributed by atoms with Gasteiger partial charge in [0, 0.05) is 32.5 Å². The molecule has 0 aliphatic heterocycles. The Morgan fingerprint density at radius 1 is 1.56 bits per heavy atom. The predicted molar refractivity (Wildman–Crippen MR) is 67.7 cm³/mol. The van der Waals surface area contributed by atoms with Crippen molar-refractivity contribution in [1.29, 1.82) is 0 Å². The van der Waals surface area contributed by atoms with Crippen LogP contribution in [0.5, 0.6) is 0 Å². The van der Waals surface area contributed by atoms with E-state index in [0.29, 0.717) is 12.2 Å². The number of aromatic nitrogens is 1. The van der Waals surface area contributed by atoms with Crippen molar-refractivity contribution in [2.45, 2.75) is 6.92 Å². The molecule has 1 heterocycles. The lowest BCUT2D eigenvalue weighted by molar-refractivity contribution is -0.140. The molecular formula is C12H17N3O3. The molecule has 1 amide bonds. The first-order chi connectivity index (χ1) is 8.45. The first-order valence-electron chi connectivity index (χ1n) is 5.57. The fraction of sp³-hybridized carbons (Fsp3) is 0.417. The molecular weight excluding hydrogens is 234 g/mol. The van der Waals surface area contributed by atoms with Crippen LogP contribution in [0.4, 0.5) is 5.69 Å². The zero-order valence-corrected chi connectivity index (χ0v) is 10.7. The van der Waals surface area contributed by atoms with Gasteiger partial charge in [-0.2, -0.15) is 0 Å². The van der Waals surface area contributed by atoms with Crippen molar-refractivity contribution >= 4 is 17.6 Å². The Labute approximate surface area is 106 Å². The number of carbonyl (C=O) groups is 2. The van der Waals surface area contributed by atoms with Gasteiger partial charge in [-0.15, -0.1) is 0 Å². The van der Waals surface area contributed by atoms with Crippen LogP contribution in [0.1, 0.15) is 17.4 Å². The Kier molecular flexibility index (Phi) is 4.65. The maximum atomic E-state index is 11.4. The summed E-state index contributed by atoms with van der Waals surface area (Å²) >= 11 is 0. The molecule has 6 nitrogen and oxygen atoms in total. The number of nitrogens with zero attached hydrogens (tertiary/aromatic N) is 2. The largest absolute Gasteiger partial charge is 0.481 e. The van der Waals surface area contributed by atoms with Crippen LogP contribution < -0.4 is 10.2 Å². The van der Waals surface area contributed by atoms with E-state index in [-0.39, 0.29) is 5.91 Å². The Bertz CT molecular complexity index is 448. The summed E-state index contributed by atoms with van der Waals surface area (Å²) in [6, 6.07) is 3.37. The van der Waals surface area contributed by atoms with Gasteiger partial charge in [0.1, 0.15) is 5.69 Å². The molecule has 1 aromatic heterocycles. The lowest BCUT2D eigenvalue weighted by Gasteiger charge is -2.21. The molecule has 0 saturated carbocycles. The third-order valence-electron chi connectivity index (χ3n) is 2.61. The topological polar surface area (TPSA) is 82.5 Å². The van der Waals surface area contributed by atoms with E-state index >= 15 is 0 Å². The summed E-state index contributed by atoms with van der Waals surface area (Å²) in [5.74, 6) is -1.59. The number of aliphatic carboxylic acids is 1. The van der Waals surface area contributed by atoms with Crippen LogP contribution in [-0.2, 0) is 4.79 Å². The normalized spacial score (nSPS) is 11.7. The maximum Gasteiger partial charge on any atom is 0.308 e. The number of rotatable bonds is 5. The molecule has 1 atom stereocenters. The number of carboxylic acids is 1. The van der Waals surface area contributed by atoms with Gasteiger partial charge < -0.3 is 15.3 Å². The Balaban J connectivity index is 2.83. The molecule has 0 saturated heterocycles. The molecule has 0 spiro atoms. The molecule has 0 aliphatic carbocycles. The van der Waals surface area contributed by atoms with Crippen LogP contribution in [0.2, 0.25) is 0 Å². The highest BCUT2D eigenvalue weighted by Crippen LogP contribution is 2.14. The van der Waals surface area contributed by atoms with Crippen molar-refractivity contribution in [3.8, 4) is 0 Å². The zero-order valence-electron chi connectivity index (χ0n) is 10.7. The first kappa shape index (κ1) is 14.0. The van der Waals surface area contributed by atoms with Crippen molar-refractivity contribution in [1.82, 2.24) is 10.3 Å². The van der Waals surface area contributed by atoms with Crippen molar-refractivity contribution in [2.75, 3.05) is 25.5 Å². The summed E-state index contributed by atoms with van der Waals surface area (Å²) in [5.41, 5.74) is 1.07. The highest BCUT2D eigenvalue weighted by Gasteiger charge is 2.15. The molecule has 1 aromatic rings. The summed E-state index contributed by atoms with van der Waals surface area (Å²) < 4.78 is 0. The number of nitrogens with one attached hydrogen (secondary N) is 1. The second kappa shape index (κ2) is 6.00. The predicted octanol–water partition coefficient (Wildman–Crippen LogP) is 0.598. The average Bonchev–Trinajstić information content (AvgIpc) is 2.37. The lowest BCUT2D eigenvalue weighted by atomic mass is 10.1. The number of anilines is 1. The highest BCUT2D eigenvalue weighted by atomic mass is 16.4. The standard InChI is InChI=1S/C12H17N3O3/c1-8(12(17)18)7-15(3)9-4-5-14-10(6-9)11(16)13-2/h4-6,8H,7H2,1-3H3,(H,13,16)(H,17,18). The average molecular weight is 251 g/mol. The van der Waals surface area contributed by atoms with E-state index in [2.05, 4.69) is 10.3 Å². The SMILES string of the molecule is CNC(=O)c1cc(N(C)CC(C)C(=O)O)ccn1. The molecule has 0 bridgehead atoms. The molecule has 98 valence electrons. The molecule has 2 N–H and O–H groups in total. The van der Waals surface area contributed by atoms with Crippen LogP contribution >= 0.6 is 0 Å². The maximum absolute atomic E-state index is 11.4. The highest BCUT2D eigenvalue weighted by molar-refractivity contribution is 5.92. The fourth-order valence-corrected chi connectivity index (χ4v) is 1.50. The minimum absolute atomic E-state index is 0.267. The number of carboxylic acid groups (broad SMARTS) is 1. The van der Waals surface area contributed by atoms with Crippen LogP contribution in [0.25, 0.3) is 0 Å². The van der Waals surface area contributed by atoms with E-state index in [1.54, 1.807) is 31.0 Å². The third-order valence-corrected chi connectivity index (χ3v) is 2.61. The molecule has 1 unspecified atom stereocenters. The van der Waals surface area contributed by atoms with Gasteiger partial charge in [-0.1, -0.05) is 6.92 Å². The molecule has 0 aliphatic rings. The second-order valence-electron chi connectivity index (χ2n) is 4.10. The number of hydrogen-bond donors (Lipinski definition) is 2. The Morgan fingerprint density at radius 3 is 2.78 bits per heavy atom. The first-order valence-corrected chi connectivity index (χ1v) is 5.57. The monoisotopic (exact) mass is 251 g/mol. The van der Waals surface area contributed by atoms with Crippen molar-refractivity contribution in [3.63, 3.8) is 0 Å². The van der Waals surface area contributed by atoms with Crippen molar-refractivity contribution in [3.05, 3.63) is 24.0 Å². The number of amides is 1. The van der Waals surface area contributed by atoms with E-state index in [9.17, 15) is 9.59 Å². The van der Waals surface area contributed by atoms with Crippen LogP contribution in [0, 0.1) is 5.92 Å². The minimum atomic E-state index is -0.845. The molecule has 1 rings (SSSR count). The smallest absolute Gasteiger partial charge is 0.308 e. The van der Waals surface area contributed by atoms with E-state index in [0.717, 1.165) is 5.69 Å². The number of hydrogen-bond acceptors (Lipinski definition) is 4. The quantitative estimate of drug-likeness (QED) is 0.800. The summed E-state index contributed by atoms with van der Waals surface area (Å²) in [6.45, 7) is 2.01. The van der Waals surface area contributed by atoms with Crippen molar-refractivity contribution < 1.29 is 14.7 Å². The van der Waals surface area contributed by atoms with E-state index in [1.807, 2.05) is 0 Å². The molecule has 6 heteroatoms. The van der Waals surface area contributed by atoms with Crippen molar-refractivity contribution in [2.24, 2.45) is 5.92 Å². The van der Waals surface area contributed by atoms with Gasteiger partial charge in [0.15, 0.2) is 0 Å². The van der Waals surface area contributed by atoms with Gasteiger partial charge >= 0.3 is 5.97 Å². The van der Waals surface area contributed by atoms with Crippen LogP contribution in [0.15, 0.2) is 18.3 Å². The summed E-state index contributed by atoms with van der Waals surface area (Å²) in [4.78, 5) is 28.0. The van der Waals surface area contributed by atoms with Gasteiger partial charge in [0.2, 0.25) is 0 Å². The fourth-order valence-electron chi connectivity index (χ4n) is 1.50. The van der Waals surface area contributed by atoms with E-state index in [1.165, 1.54) is 13.2 Å². The minimum Gasteiger partial charge on any atom is -0.481 e. The number of pyridine rings is 1. The number of carbonyl (C=O) groups excluding carboxylic acids is 1. The molecule has 0 aromatic carbocycles. The molecule has 0 radical (unpaired) electrons. The van der Waals surface area contributed by atoms with Gasteiger partial charge in [0.05, 0.1) is 5.92 Å².